The van der Waals surface area contributed by atoms with Gasteiger partial charge in [0.25, 0.3) is 5.56 Å². The number of pyridine rings is 1. The molecule has 4 heteroatoms. The molecule has 0 aliphatic heterocycles. The summed E-state index contributed by atoms with van der Waals surface area (Å²) in [5.41, 5.74) is 0.422. The minimum Gasteiger partial charge on any atom is -0.441 e. The summed E-state index contributed by atoms with van der Waals surface area (Å²) in [6.07, 6.45) is 0. The molecule has 2 aromatic rings. The van der Waals surface area contributed by atoms with Gasteiger partial charge in [0.15, 0.2) is 5.88 Å². The van der Waals surface area contributed by atoms with Crippen LogP contribution in [0.5, 0.6) is 11.6 Å². The molecule has 0 aliphatic carbocycles. The highest BCUT2D eigenvalue weighted by molar-refractivity contribution is 5.27. The highest BCUT2D eigenvalue weighted by atomic mass is 19.1. The van der Waals surface area contributed by atoms with Crippen molar-refractivity contribution in [1.29, 1.82) is 0 Å². The van der Waals surface area contributed by atoms with Crippen LogP contribution in [0.25, 0.3) is 0 Å². The quantitative estimate of drug-likeness (QED) is 0.868. The molecule has 0 radical (unpaired) electrons. The maximum atomic E-state index is 12.6. The van der Waals surface area contributed by atoms with Crippen molar-refractivity contribution in [2.75, 3.05) is 0 Å². The van der Waals surface area contributed by atoms with Gasteiger partial charge >= 0.3 is 0 Å². The van der Waals surface area contributed by atoms with Gasteiger partial charge in [0, 0.05) is 5.56 Å². The Hall–Kier alpha value is -2.10. The summed E-state index contributed by atoms with van der Waals surface area (Å²) < 4.78 is 18.0. The lowest BCUT2D eigenvalue weighted by molar-refractivity contribution is 0.459. The third-order valence-electron chi connectivity index (χ3n) is 2.12. The molecule has 0 unspecified atom stereocenters. The Bertz CT molecular complexity index is 547. The van der Waals surface area contributed by atoms with Crippen LogP contribution in [0.4, 0.5) is 4.39 Å². The van der Waals surface area contributed by atoms with Crippen LogP contribution in [0.3, 0.4) is 0 Å². The lowest BCUT2D eigenvalue weighted by Gasteiger charge is -2.04. The van der Waals surface area contributed by atoms with Crippen LogP contribution in [-0.2, 0) is 0 Å². The summed E-state index contributed by atoms with van der Waals surface area (Å²) in [7, 11) is 0. The van der Waals surface area contributed by atoms with Gasteiger partial charge in [-0.3, -0.25) is 9.78 Å². The average Bonchev–Trinajstić information content (AvgIpc) is 2.50. The van der Waals surface area contributed by atoms with Crippen LogP contribution in [-0.4, -0.2) is 4.98 Å². The predicted molar refractivity (Wildman–Crippen MR) is 81.0 cm³/mol. The van der Waals surface area contributed by atoms with Crippen molar-refractivity contribution < 1.29 is 9.13 Å². The van der Waals surface area contributed by atoms with Gasteiger partial charge < -0.3 is 4.74 Å². The second-order valence-corrected chi connectivity index (χ2v) is 3.39. The Balaban J connectivity index is 0.000000829. The zero-order valence-electron chi connectivity index (χ0n) is 12.7. The van der Waals surface area contributed by atoms with E-state index < -0.39 is 0 Å². The smallest absolute Gasteiger partial charge is 0.253 e. The van der Waals surface area contributed by atoms with Gasteiger partial charge in [-0.2, -0.15) is 0 Å². The Labute approximate surface area is 119 Å². The van der Waals surface area contributed by atoms with Gasteiger partial charge in [-0.1, -0.05) is 27.7 Å². The van der Waals surface area contributed by atoms with E-state index in [0.29, 0.717) is 17.2 Å². The lowest BCUT2D eigenvalue weighted by atomic mass is 10.3. The Morgan fingerprint density at radius 1 is 0.950 bits per heavy atom. The number of H-pyrrole nitrogens is 1. The molecule has 0 aliphatic rings. The van der Waals surface area contributed by atoms with Crippen molar-refractivity contribution in [3.8, 4) is 11.6 Å². The molecule has 0 fully saturated rings. The second-order valence-electron chi connectivity index (χ2n) is 3.39. The second kappa shape index (κ2) is 9.78. The molecule has 1 N–H and O–H groups in total. The molecule has 1 aromatic carbocycles. The van der Waals surface area contributed by atoms with E-state index in [4.69, 9.17) is 4.74 Å². The molecule has 0 saturated carbocycles. The van der Waals surface area contributed by atoms with Crippen molar-refractivity contribution in [2.24, 2.45) is 0 Å². The number of benzene rings is 1. The number of nitrogens with one attached hydrogen (secondary N) is 1. The molecule has 3 nitrogen and oxygen atoms in total. The number of hydrogen-bond donors (Lipinski definition) is 1. The molecule has 20 heavy (non-hydrogen) atoms. The molecule has 0 bridgehead atoms. The first-order valence-corrected chi connectivity index (χ1v) is 6.78. The molecular weight excluding hydrogens is 257 g/mol. The maximum absolute atomic E-state index is 12.6. The van der Waals surface area contributed by atoms with Crippen LogP contribution in [0, 0.1) is 12.7 Å². The van der Waals surface area contributed by atoms with Gasteiger partial charge in [0.05, 0.1) is 0 Å². The van der Waals surface area contributed by atoms with Crippen molar-refractivity contribution in [3.05, 3.63) is 58.1 Å². The van der Waals surface area contributed by atoms with Crippen LogP contribution in [0.1, 0.15) is 33.3 Å². The van der Waals surface area contributed by atoms with Crippen LogP contribution in [0.15, 0.2) is 41.2 Å². The SMILES string of the molecule is CC.CC.Cc1ccc(Oc2ccc(F)cc2)[nH]c1=O. The van der Waals surface area contributed by atoms with Gasteiger partial charge in [-0.25, -0.2) is 4.39 Å². The van der Waals surface area contributed by atoms with Gasteiger partial charge in [-0.15, -0.1) is 0 Å². The summed E-state index contributed by atoms with van der Waals surface area (Å²) in [5.74, 6) is 0.480. The number of aromatic nitrogens is 1. The molecule has 0 atom stereocenters. The molecular formula is C16H22FNO2. The predicted octanol–water partition coefficient (Wildman–Crippen LogP) is 4.67. The number of aromatic amines is 1. The largest absolute Gasteiger partial charge is 0.441 e. The molecule has 110 valence electrons. The zero-order valence-corrected chi connectivity index (χ0v) is 12.7. The zero-order chi connectivity index (χ0) is 15.5. The summed E-state index contributed by atoms with van der Waals surface area (Å²) in [5, 5.41) is 0. The third kappa shape index (κ3) is 5.69. The standard InChI is InChI=1S/C12H10FNO2.2C2H6/c1-8-2-7-11(14-12(8)15)16-10-5-3-9(13)4-6-10;2*1-2/h2-7H,1H3,(H,14,15);2*1-2H3. The minimum absolute atomic E-state index is 0.195. The molecule has 0 saturated heterocycles. The molecule has 0 spiro atoms. The van der Waals surface area contributed by atoms with Gasteiger partial charge in [0.1, 0.15) is 11.6 Å². The van der Waals surface area contributed by atoms with E-state index in [1.165, 1.54) is 24.3 Å². The van der Waals surface area contributed by atoms with Gasteiger partial charge in [0.2, 0.25) is 0 Å². The van der Waals surface area contributed by atoms with Crippen molar-refractivity contribution in [2.45, 2.75) is 34.6 Å². The van der Waals surface area contributed by atoms with E-state index in [9.17, 15) is 9.18 Å². The Morgan fingerprint density at radius 3 is 2.00 bits per heavy atom. The fourth-order valence-corrected chi connectivity index (χ4v) is 1.22. The molecule has 1 aromatic heterocycles. The third-order valence-corrected chi connectivity index (χ3v) is 2.12. The van der Waals surface area contributed by atoms with Crippen LogP contribution in [0.2, 0.25) is 0 Å². The van der Waals surface area contributed by atoms with Crippen molar-refractivity contribution in [1.82, 2.24) is 4.98 Å². The van der Waals surface area contributed by atoms with E-state index in [1.807, 2.05) is 27.7 Å². The maximum Gasteiger partial charge on any atom is 0.253 e. The summed E-state index contributed by atoms with van der Waals surface area (Å²) >= 11 is 0. The first kappa shape index (κ1) is 17.9. The first-order chi connectivity index (χ1) is 9.65. The van der Waals surface area contributed by atoms with E-state index in [2.05, 4.69) is 4.98 Å². The lowest BCUT2D eigenvalue weighted by Crippen LogP contribution is -2.09. The number of aryl methyl sites for hydroxylation is 1. The van der Waals surface area contributed by atoms with E-state index in [1.54, 1.807) is 19.1 Å². The minimum atomic E-state index is -0.329. The highest BCUT2D eigenvalue weighted by Gasteiger charge is 1.99. The van der Waals surface area contributed by atoms with E-state index >= 15 is 0 Å². The molecule has 0 amide bonds. The first-order valence-electron chi connectivity index (χ1n) is 6.78. The number of ether oxygens (including phenoxy) is 1. The van der Waals surface area contributed by atoms with E-state index in [0.717, 1.165) is 0 Å². The van der Waals surface area contributed by atoms with Crippen molar-refractivity contribution >= 4 is 0 Å². The van der Waals surface area contributed by atoms with E-state index in [-0.39, 0.29) is 11.4 Å². The van der Waals surface area contributed by atoms with Crippen LogP contribution >= 0.6 is 0 Å². The fraction of sp³-hybridized carbons (Fsp3) is 0.312. The molecule has 2 rings (SSSR count). The summed E-state index contributed by atoms with van der Waals surface area (Å²) in [6, 6.07) is 8.89. The molecule has 1 heterocycles. The normalized spacial score (nSPS) is 8.70. The van der Waals surface area contributed by atoms with Gasteiger partial charge in [-0.05, 0) is 43.3 Å². The van der Waals surface area contributed by atoms with Crippen molar-refractivity contribution in [3.63, 3.8) is 0 Å². The number of hydrogen-bond acceptors (Lipinski definition) is 2. The average molecular weight is 279 g/mol. The summed E-state index contributed by atoms with van der Waals surface area (Å²) in [6.45, 7) is 9.71. The monoisotopic (exact) mass is 279 g/mol. The highest BCUT2D eigenvalue weighted by Crippen LogP contribution is 2.18. The summed E-state index contributed by atoms with van der Waals surface area (Å²) in [4.78, 5) is 13.9. The Morgan fingerprint density at radius 2 is 1.50 bits per heavy atom. The number of rotatable bonds is 2. The number of halogens is 1. The Kier molecular flexibility index (Phi) is 8.75. The fourth-order valence-electron chi connectivity index (χ4n) is 1.22. The van der Waals surface area contributed by atoms with Crippen LogP contribution < -0.4 is 10.3 Å². The topological polar surface area (TPSA) is 42.1 Å².